The molecule has 0 aromatic heterocycles. The molecule has 160 valence electrons. The number of nitrogens with one attached hydrogen (secondary N) is 1. The van der Waals surface area contributed by atoms with Gasteiger partial charge in [-0.3, -0.25) is 0 Å². The molecule has 1 aliphatic rings. The topological polar surface area (TPSA) is 55.3 Å². The minimum Gasteiger partial charge on any atom is -0.493 e. The van der Waals surface area contributed by atoms with Crippen molar-refractivity contribution in [3.8, 4) is 17.2 Å². The van der Waals surface area contributed by atoms with E-state index in [1.54, 1.807) is 21.3 Å². The molecule has 6 nitrogen and oxygen atoms in total. The molecule has 3 aromatic carbocycles. The Morgan fingerprint density at radius 1 is 0.871 bits per heavy atom. The van der Waals surface area contributed by atoms with Crippen LogP contribution in [0.4, 0.5) is 5.69 Å². The largest absolute Gasteiger partial charge is 0.493 e. The summed E-state index contributed by atoms with van der Waals surface area (Å²) in [5, 5.41) is 3.51. The number of aliphatic imine (C=N–C) groups is 1. The Kier molecular flexibility index (Phi) is 6.26. The molecule has 31 heavy (non-hydrogen) atoms. The van der Waals surface area contributed by atoms with Crippen molar-refractivity contribution in [2.45, 2.75) is 12.6 Å². The molecular formula is C25H27N3O3. The first kappa shape index (κ1) is 20.6. The molecule has 3 aromatic rings. The Morgan fingerprint density at radius 2 is 1.48 bits per heavy atom. The van der Waals surface area contributed by atoms with Gasteiger partial charge in [-0.25, -0.2) is 4.99 Å². The van der Waals surface area contributed by atoms with E-state index in [0.29, 0.717) is 23.8 Å². The van der Waals surface area contributed by atoms with Gasteiger partial charge in [-0.2, -0.15) is 0 Å². The minimum absolute atomic E-state index is 0.0730. The van der Waals surface area contributed by atoms with E-state index < -0.39 is 0 Å². The molecule has 0 bridgehead atoms. The lowest BCUT2D eigenvalue weighted by Gasteiger charge is -2.22. The number of nitrogens with zero attached hydrogens (tertiary/aromatic N) is 2. The van der Waals surface area contributed by atoms with E-state index in [2.05, 4.69) is 46.6 Å². The van der Waals surface area contributed by atoms with Gasteiger partial charge in [0.15, 0.2) is 17.5 Å². The van der Waals surface area contributed by atoms with E-state index in [9.17, 15) is 0 Å². The molecule has 4 rings (SSSR count). The number of hydrogen-bond donors (Lipinski definition) is 1. The first-order valence-electron chi connectivity index (χ1n) is 10.2. The maximum absolute atomic E-state index is 5.48. The van der Waals surface area contributed by atoms with E-state index in [-0.39, 0.29) is 6.04 Å². The number of hydrogen-bond acceptors (Lipinski definition) is 6. The molecule has 1 aliphatic heterocycles. The first-order chi connectivity index (χ1) is 15.2. The third-order valence-electron chi connectivity index (χ3n) is 5.32. The van der Waals surface area contributed by atoms with Crippen LogP contribution < -0.4 is 24.4 Å². The number of ether oxygens (including phenoxy) is 3. The summed E-state index contributed by atoms with van der Waals surface area (Å²) in [7, 11) is 4.85. The zero-order chi connectivity index (χ0) is 21.6. The van der Waals surface area contributed by atoms with Gasteiger partial charge in [0.25, 0.3) is 0 Å². The highest BCUT2D eigenvalue weighted by atomic mass is 16.5. The van der Waals surface area contributed by atoms with Crippen LogP contribution in [0.5, 0.6) is 17.2 Å². The fourth-order valence-electron chi connectivity index (χ4n) is 3.77. The van der Waals surface area contributed by atoms with Gasteiger partial charge in [-0.1, -0.05) is 48.5 Å². The van der Waals surface area contributed by atoms with E-state index in [1.807, 2.05) is 36.4 Å². The molecule has 1 N–H and O–H groups in total. The third kappa shape index (κ3) is 4.43. The van der Waals surface area contributed by atoms with Gasteiger partial charge in [-0.05, 0) is 35.4 Å². The van der Waals surface area contributed by atoms with Crippen molar-refractivity contribution in [3.05, 3.63) is 83.9 Å². The zero-order valence-electron chi connectivity index (χ0n) is 18.0. The van der Waals surface area contributed by atoms with Crippen LogP contribution in [0, 0.1) is 0 Å². The Morgan fingerprint density at radius 3 is 2.06 bits per heavy atom. The fraction of sp³-hybridized carbons (Fsp3) is 0.240. The monoisotopic (exact) mass is 417 g/mol. The molecule has 6 heteroatoms. The number of methoxy groups -OCH3 is 3. The minimum atomic E-state index is 0.0730. The van der Waals surface area contributed by atoms with Crippen LogP contribution in [-0.4, -0.2) is 33.8 Å². The summed E-state index contributed by atoms with van der Waals surface area (Å²) >= 11 is 0. The maximum Gasteiger partial charge on any atom is 0.203 e. The second-order valence-corrected chi connectivity index (χ2v) is 7.21. The van der Waals surface area contributed by atoms with E-state index in [4.69, 9.17) is 19.2 Å². The van der Waals surface area contributed by atoms with E-state index >= 15 is 0 Å². The zero-order valence-corrected chi connectivity index (χ0v) is 18.0. The quantitative estimate of drug-likeness (QED) is 0.617. The molecule has 1 heterocycles. The maximum atomic E-state index is 5.48. The third-order valence-corrected chi connectivity index (χ3v) is 5.32. The summed E-state index contributed by atoms with van der Waals surface area (Å²) in [6, 6.07) is 24.7. The Hall–Kier alpha value is -3.67. The van der Waals surface area contributed by atoms with Gasteiger partial charge in [0, 0.05) is 12.2 Å². The standard InChI is InChI=1S/C25H27N3O3/c1-29-22-14-18(15-23(30-2)24(22)31-3)16-26-25-27-21(19-10-6-4-7-11-19)17-28(25)20-12-8-5-9-13-20/h4-15,21H,16-17H2,1-3H3,(H,26,27)/t21-/m1/s1. The summed E-state index contributed by atoms with van der Waals surface area (Å²) in [5.74, 6) is 2.69. The van der Waals surface area contributed by atoms with Crippen LogP contribution in [0.25, 0.3) is 0 Å². The molecule has 0 unspecified atom stereocenters. The van der Waals surface area contributed by atoms with Crippen LogP contribution in [0.15, 0.2) is 77.8 Å². The number of rotatable bonds is 7. The van der Waals surface area contributed by atoms with Crippen molar-refractivity contribution in [2.75, 3.05) is 32.8 Å². The van der Waals surface area contributed by atoms with Crippen molar-refractivity contribution in [3.63, 3.8) is 0 Å². The second kappa shape index (κ2) is 9.43. The number of anilines is 1. The smallest absolute Gasteiger partial charge is 0.203 e. The van der Waals surface area contributed by atoms with Crippen molar-refractivity contribution in [2.24, 2.45) is 4.99 Å². The van der Waals surface area contributed by atoms with Gasteiger partial charge >= 0.3 is 0 Å². The van der Waals surface area contributed by atoms with Crippen LogP contribution >= 0.6 is 0 Å². The summed E-state index contributed by atoms with van der Waals surface area (Å²) in [6.45, 7) is 1.35. The molecule has 0 saturated carbocycles. The Balaban J connectivity index is 1.60. The number of benzene rings is 3. The molecule has 0 aliphatic carbocycles. The lowest BCUT2D eigenvalue weighted by atomic mass is 10.1. The highest BCUT2D eigenvalue weighted by Gasteiger charge is 2.27. The summed E-state index contributed by atoms with van der Waals surface area (Å²) in [6.07, 6.45) is 0. The number of guanidine groups is 1. The van der Waals surface area contributed by atoms with Crippen molar-refractivity contribution in [1.82, 2.24) is 5.32 Å². The highest BCUT2D eigenvalue weighted by Crippen LogP contribution is 2.38. The van der Waals surface area contributed by atoms with Gasteiger partial charge in [0.05, 0.1) is 33.9 Å². The first-order valence-corrected chi connectivity index (χ1v) is 10.2. The Bertz CT molecular complexity index is 1010. The molecule has 0 saturated heterocycles. The lowest BCUT2D eigenvalue weighted by molar-refractivity contribution is 0.323. The summed E-state index contributed by atoms with van der Waals surface area (Å²) in [4.78, 5) is 7.21. The normalized spacial score (nSPS) is 15.4. The molecule has 1 atom stereocenters. The number of para-hydroxylation sites is 1. The van der Waals surface area contributed by atoms with Crippen LogP contribution in [-0.2, 0) is 6.54 Å². The van der Waals surface area contributed by atoms with Crippen LogP contribution in [0.1, 0.15) is 17.2 Å². The molecule has 0 fully saturated rings. The van der Waals surface area contributed by atoms with Crippen LogP contribution in [0.3, 0.4) is 0 Å². The predicted molar refractivity (Wildman–Crippen MR) is 123 cm³/mol. The second-order valence-electron chi connectivity index (χ2n) is 7.21. The predicted octanol–water partition coefficient (Wildman–Crippen LogP) is 4.42. The molecule has 0 amide bonds. The fourth-order valence-corrected chi connectivity index (χ4v) is 3.77. The SMILES string of the molecule is COc1cc(CNC2=N[C@@H](c3ccccc3)CN2c2ccccc2)cc(OC)c1OC. The van der Waals surface area contributed by atoms with Crippen molar-refractivity contribution < 1.29 is 14.2 Å². The average Bonchev–Trinajstić information content (AvgIpc) is 3.27. The lowest BCUT2D eigenvalue weighted by Crippen LogP contribution is -2.38. The molecule has 0 spiro atoms. The van der Waals surface area contributed by atoms with Gasteiger partial charge in [0.1, 0.15) is 0 Å². The Labute approximate surface area is 183 Å². The average molecular weight is 418 g/mol. The van der Waals surface area contributed by atoms with Gasteiger partial charge < -0.3 is 24.4 Å². The highest BCUT2D eigenvalue weighted by molar-refractivity contribution is 5.98. The van der Waals surface area contributed by atoms with Crippen molar-refractivity contribution in [1.29, 1.82) is 0 Å². The summed E-state index contributed by atoms with van der Waals surface area (Å²) in [5.41, 5.74) is 3.32. The van der Waals surface area contributed by atoms with Crippen molar-refractivity contribution >= 4 is 11.6 Å². The van der Waals surface area contributed by atoms with Gasteiger partial charge in [-0.15, -0.1) is 0 Å². The van der Waals surface area contributed by atoms with E-state index in [0.717, 1.165) is 23.8 Å². The summed E-state index contributed by atoms with van der Waals surface area (Å²) < 4.78 is 16.4. The molecule has 0 radical (unpaired) electrons. The van der Waals surface area contributed by atoms with Gasteiger partial charge in [0.2, 0.25) is 5.75 Å². The van der Waals surface area contributed by atoms with Crippen LogP contribution in [0.2, 0.25) is 0 Å². The van der Waals surface area contributed by atoms with E-state index in [1.165, 1.54) is 5.56 Å². The molecular weight excluding hydrogens is 390 g/mol.